The number of nitrogens with one attached hydrogen (secondary N) is 2. The van der Waals surface area contributed by atoms with Crippen molar-refractivity contribution in [2.75, 3.05) is 18.5 Å². The number of carbonyl (C=O) groups excluding carboxylic acids is 1. The predicted octanol–water partition coefficient (Wildman–Crippen LogP) is 6.42. The van der Waals surface area contributed by atoms with Crippen molar-refractivity contribution in [1.82, 2.24) is 10.4 Å². The fourth-order valence-corrected chi connectivity index (χ4v) is 4.14. The van der Waals surface area contributed by atoms with E-state index in [4.69, 9.17) is 9.47 Å². The summed E-state index contributed by atoms with van der Waals surface area (Å²) in [5.41, 5.74) is 7.80. The summed E-state index contributed by atoms with van der Waals surface area (Å²) in [5, 5.41) is 10.2. The highest BCUT2D eigenvalue weighted by atomic mass is 32.1. The Kier molecular flexibility index (Phi) is 8.31. The minimum Gasteiger partial charge on any atom is -0.494 e. The smallest absolute Gasteiger partial charge is 0.271 e. The Hall–Kier alpha value is -4.17. The van der Waals surface area contributed by atoms with Gasteiger partial charge in [-0.3, -0.25) is 4.79 Å². The zero-order chi connectivity index (χ0) is 25.3. The van der Waals surface area contributed by atoms with Crippen LogP contribution in [0.3, 0.4) is 0 Å². The molecule has 2 N–H and O–H groups in total. The second kappa shape index (κ2) is 12.0. The van der Waals surface area contributed by atoms with Gasteiger partial charge in [0, 0.05) is 33.8 Å². The number of aromatic nitrogens is 1. The number of benzene rings is 3. The summed E-state index contributed by atoms with van der Waals surface area (Å²) < 4.78 is 11.2. The van der Waals surface area contributed by atoms with E-state index in [0.29, 0.717) is 24.5 Å². The van der Waals surface area contributed by atoms with Crippen molar-refractivity contribution in [2.24, 2.45) is 5.10 Å². The van der Waals surface area contributed by atoms with Crippen molar-refractivity contribution in [3.05, 3.63) is 88.8 Å². The number of ether oxygens (including phenoxy) is 2. The van der Waals surface area contributed by atoms with Gasteiger partial charge in [-0.25, -0.2) is 10.4 Å². The molecule has 36 heavy (non-hydrogen) atoms. The lowest BCUT2D eigenvalue weighted by Gasteiger charge is -2.10. The Morgan fingerprint density at radius 2 is 1.75 bits per heavy atom. The van der Waals surface area contributed by atoms with E-state index in [1.54, 1.807) is 18.3 Å². The van der Waals surface area contributed by atoms with Gasteiger partial charge in [0.25, 0.3) is 5.91 Å². The number of hydrogen-bond acceptors (Lipinski definition) is 7. The molecule has 0 saturated heterocycles. The molecule has 0 unspecified atom stereocenters. The van der Waals surface area contributed by atoms with Crippen LogP contribution in [0.15, 0.2) is 77.2 Å². The highest BCUT2D eigenvalue weighted by molar-refractivity contribution is 7.14. The van der Waals surface area contributed by atoms with Gasteiger partial charge in [0.2, 0.25) is 0 Å². The van der Waals surface area contributed by atoms with Crippen LogP contribution in [-0.4, -0.2) is 30.3 Å². The maximum atomic E-state index is 12.6. The number of thiazole rings is 1. The SMILES string of the molecule is CCOc1ccc(/C=N\NC(=O)c2ccc(-c3csc(Nc4ccc(C)cc4)n3)cc2)c(OCC)c1. The summed E-state index contributed by atoms with van der Waals surface area (Å²) in [6.45, 7) is 6.98. The van der Waals surface area contributed by atoms with Crippen molar-refractivity contribution >= 4 is 34.3 Å². The Morgan fingerprint density at radius 1 is 1.00 bits per heavy atom. The van der Waals surface area contributed by atoms with Gasteiger partial charge >= 0.3 is 0 Å². The minimum absolute atomic E-state index is 0.304. The number of aryl methyl sites for hydroxylation is 1. The van der Waals surface area contributed by atoms with Crippen molar-refractivity contribution in [3.63, 3.8) is 0 Å². The van der Waals surface area contributed by atoms with Gasteiger partial charge in [0.05, 0.1) is 25.1 Å². The Morgan fingerprint density at radius 3 is 2.47 bits per heavy atom. The van der Waals surface area contributed by atoms with Gasteiger partial charge in [-0.1, -0.05) is 29.8 Å². The third kappa shape index (κ3) is 6.49. The lowest BCUT2D eigenvalue weighted by atomic mass is 10.1. The topological polar surface area (TPSA) is 84.8 Å². The average Bonchev–Trinajstić information content (AvgIpc) is 3.35. The Balaban J connectivity index is 1.37. The van der Waals surface area contributed by atoms with Crippen LogP contribution in [0.25, 0.3) is 11.3 Å². The summed E-state index contributed by atoms with van der Waals surface area (Å²) in [6, 6.07) is 20.9. The fraction of sp³-hybridized carbons (Fsp3) is 0.179. The molecule has 1 heterocycles. The third-order valence-electron chi connectivity index (χ3n) is 5.22. The molecule has 0 saturated carbocycles. The van der Waals surface area contributed by atoms with Gasteiger partial charge in [-0.15, -0.1) is 11.3 Å². The molecule has 0 atom stereocenters. The number of anilines is 2. The average molecular weight is 501 g/mol. The molecule has 0 aliphatic heterocycles. The van der Waals surface area contributed by atoms with Crippen LogP contribution in [0.2, 0.25) is 0 Å². The molecule has 3 aromatic carbocycles. The van der Waals surface area contributed by atoms with Gasteiger partial charge in [0.15, 0.2) is 5.13 Å². The third-order valence-corrected chi connectivity index (χ3v) is 5.97. The quantitative estimate of drug-likeness (QED) is 0.194. The zero-order valence-corrected chi connectivity index (χ0v) is 21.3. The molecule has 8 heteroatoms. The van der Waals surface area contributed by atoms with Crippen molar-refractivity contribution < 1.29 is 14.3 Å². The Labute approximate surface area is 214 Å². The van der Waals surface area contributed by atoms with E-state index < -0.39 is 0 Å². The maximum Gasteiger partial charge on any atom is 0.271 e. The van der Waals surface area contributed by atoms with Crippen LogP contribution < -0.4 is 20.2 Å². The summed E-state index contributed by atoms with van der Waals surface area (Å²) in [4.78, 5) is 17.2. The summed E-state index contributed by atoms with van der Waals surface area (Å²) >= 11 is 1.53. The summed E-state index contributed by atoms with van der Waals surface area (Å²) in [6.07, 6.45) is 1.56. The van der Waals surface area contributed by atoms with Crippen LogP contribution in [0.5, 0.6) is 11.5 Å². The molecule has 0 aliphatic rings. The van der Waals surface area contributed by atoms with E-state index in [1.807, 2.05) is 61.7 Å². The highest BCUT2D eigenvalue weighted by Crippen LogP contribution is 2.28. The zero-order valence-electron chi connectivity index (χ0n) is 20.4. The molecular weight excluding hydrogens is 472 g/mol. The number of hydrogen-bond donors (Lipinski definition) is 2. The van der Waals surface area contributed by atoms with Crippen LogP contribution in [0, 0.1) is 6.92 Å². The first kappa shape index (κ1) is 24.9. The molecule has 0 aliphatic carbocycles. The van der Waals surface area contributed by atoms with Crippen molar-refractivity contribution in [2.45, 2.75) is 20.8 Å². The molecule has 0 radical (unpaired) electrons. The van der Waals surface area contributed by atoms with E-state index in [-0.39, 0.29) is 5.91 Å². The first-order chi connectivity index (χ1) is 17.6. The number of carbonyl (C=O) groups is 1. The second-order valence-corrected chi connectivity index (χ2v) is 8.73. The normalized spacial score (nSPS) is 10.9. The molecule has 7 nitrogen and oxygen atoms in total. The number of amides is 1. The molecule has 0 spiro atoms. The van der Waals surface area contributed by atoms with Crippen LogP contribution in [0.4, 0.5) is 10.8 Å². The van der Waals surface area contributed by atoms with Crippen LogP contribution in [-0.2, 0) is 0 Å². The first-order valence-corrected chi connectivity index (χ1v) is 12.6. The van der Waals surface area contributed by atoms with Crippen LogP contribution in [0.1, 0.15) is 35.3 Å². The first-order valence-electron chi connectivity index (χ1n) is 11.7. The summed E-state index contributed by atoms with van der Waals surface area (Å²) in [7, 11) is 0. The molecule has 0 fully saturated rings. The summed E-state index contributed by atoms with van der Waals surface area (Å²) in [5.74, 6) is 1.06. The van der Waals surface area contributed by atoms with E-state index in [2.05, 4.69) is 39.9 Å². The minimum atomic E-state index is -0.304. The van der Waals surface area contributed by atoms with E-state index in [1.165, 1.54) is 16.9 Å². The lowest BCUT2D eigenvalue weighted by Crippen LogP contribution is -2.17. The molecule has 4 aromatic rings. The van der Waals surface area contributed by atoms with Gasteiger partial charge in [-0.2, -0.15) is 5.10 Å². The number of rotatable bonds is 10. The Bertz CT molecular complexity index is 1330. The number of nitrogens with zero attached hydrogens (tertiary/aromatic N) is 2. The molecule has 184 valence electrons. The van der Waals surface area contributed by atoms with Crippen LogP contribution >= 0.6 is 11.3 Å². The molecule has 4 rings (SSSR count). The van der Waals surface area contributed by atoms with Crippen molar-refractivity contribution in [1.29, 1.82) is 0 Å². The molecule has 1 aromatic heterocycles. The van der Waals surface area contributed by atoms with E-state index in [9.17, 15) is 4.79 Å². The maximum absolute atomic E-state index is 12.6. The number of hydrazone groups is 1. The molecule has 0 bridgehead atoms. The second-order valence-electron chi connectivity index (χ2n) is 7.87. The largest absolute Gasteiger partial charge is 0.494 e. The predicted molar refractivity (Wildman–Crippen MR) is 146 cm³/mol. The van der Waals surface area contributed by atoms with Crippen molar-refractivity contribution in [3.8, 4) is 22.8 Å². The lowest BCUT2D eigenvalue weighted by molar-refractivity contribution is 0.0955. The standard InChI is InChI=1S/C28H28N4O3S/c1-4-34-24-15-12-22(26(16-24)35-5-2)17-29-32-27(33)21-10-8-20(9-11-21)25-18-36-28(31-25)30-23-13-6-19(3)7-14-23/h6-18H,4-5H2,1-3H3,(H,30,31)(H,32,33)/b29-17-. The fourth-order valence-electron chi connectivity index (χ4n) is 3.40. The van der Waals surface area contributed by atoms with Gasteiger partial charge in [-0.05, 0) is 57.2 Å². The van der Waals surface area contributed by atoms with Gasteiger partial charge < -0.3 is 14.8 Å². The van der Waals surface area contributed by atoms with Gasteiger partial charge in [0.1, 0.15) is 11.5 Å². The monoisotopic (exact) mass is 500 g/mol. The van der Waals surface area contributed by atoms with E-state index in [0.717, 1.165) is 33.4 Å². The highest BCUT2D eigenvalue weighted by Gasteiger charge is 2.09. The molecular formula is C28H28N4O3S. The molecule has 1 amide bonds. The van der Waals surface area contributed by atoms with E-state index >= 15 is 0 Å².